The molecule has 0 radical (unpaired) electrons. The van der Waals surface area contributed by atoms with E-state index in [4.69, 9.17) is 27.9 Å². The lowest BCUT2D eigenvalue weighted by Gasteiger charge is -2.45. The topological polar surface area (TPSA) is 77.3 Å². The summed E-state index contributed by atoms with van der Waals surface area (Å²) in [4.78, 5) is 4.47. The van der Waals surface area contributed by atoms with E-state index in [0.717, 1.165) is 28.1 Å². The van der Waals surface area contributed by atoms with Crippen molar-refractivity contribution in [2.45, 2.75) is 24.7 Å². The lowest BCUT2D eigenvalue weighted by atomic mass is 9.69. The van der Waals surface area contributed by atoms with Crippen LogP contribution in [0.2, 0.25) is 10.0 Å². The average Bonchev–Trinajstić information content (AvgIpc) is 3.35. The van der Waals surface area contributed by atoms with Crippen LogP contribution < -0.4 is 4.74 Å². The van der Waals surface area contributed by atoms with Crippen LogP contribution in [-0.2, 0) is 16.4 Å². The summed E-state index contributed by atoms with van der Waals surface area (Å²) in [5, 5.41) is 5.06. The molecular formula is C29H25Cl2FN4O3S. The van der Waals surface area contributed by atoms with E-state index in [1.165, 1.54) is 34.6 Å². The van der Waals surface area contributed by atoms with Gasteiger partial charge in [-0.1, -0.05) is 34.8 Å². The molecule has 1 saturated heterocycles. The minimum Gasteiger partial charge on any atom is -0.477 e. The fourth-order valence-electron chi connectivity index (χ4n) is 5.36. The Morgan fingerprint density at radius 2 is 1.85 bits per heavy atom. The molecule has 1 aliphatic carbocycles. The Morgan fingerprint density at radius 1 is 1.05 bits per heavy atom. The number of hydrogen-bond donors (Lipinski definition) is 0. The van der Waals surface area contributed by atoms with E-state index in [-0.39, 0.29) is 33.9 Å². The summed E-state index contributed by atoms with van der Waals surface area (Å²) < 4.78 is 50.5. The van der Waals surface area contributed by atoms with Crippen LogP contribution in [0.25, 0.3) is 11.8 Å². The zero-order valence-corrected chi connectivity index (χ0v) is 23.8. The summed E-state index contributed by atoms with van der Waals surface area (Å²) in [6.45, 7) is 2.67. The number of rotatable bonds is 6. The highest BCUT2D eigenvalue weighted by molar-refractivity contribution is 7.89. The molecule has 0 saturated carbocycles. The van der Waals surface area contributed by atoms with Crippen LogP contribution in [0.1, 0.15) is 23.2 Å². The molecule has 2 aromatic heterocycles. The van der Waals surface area contributed by atoms with Crippen molar-refractivity contribution >= 4 is 39.3 Å². The predicted octanol–water partition coefficient (Wildman–Crippen LogP) is 6.12. The Bertz CT molecular complexity index is 1720. The fourth-order valence-corrected chi connectivity index (χ4v) is 7.27. The molecule has 11 heteroatoms. The van der Waals surface area contributed by atoms with Crippen LogP contribution in [0.4, 0.5) is 4.39 Å². The molecule has 0 spiro atoms. The largest absolute Gasteiger partial charge is 0.477 e. The maximum absolute atomic E-state index is 13.7. The van der Waals surface area contributed by atoms with E-state index in [9.17, 15) is 12.8 Å². The van der Waals surface area contributed by atoms with Crippen LogP contribution >= 0.6 is 23.2 Å². The Kier molecular flexibility index (Phi) is 6.94. The Balaban J connectivity index is 1.37. The molecule has 2 aromatic carbocycles. The van der Waals surface area contributed by atoms with Gasteiger partial charge in [-0.05, 0) is 79.4 Å². The second-order valence-corrected chi connectivity index (χ2v) is 12.9. The van der Waals surface area contributed by atoms with E-state index in [2.05, 4.69) is 16.2 Å². The Labute approximate surface area is 241 Å². The van der Waals surface area contributed by atoms with Crippen molar-refractivity contribution in [3.05, 3.63) is 105 Å². The highest BCUT2D eigenvalue weighted by Crippen LogP contribution is 2.46. The van der Waals surface area contributed by atoms with Crippen molar-refractivity contribution in [2.24, 2.45) is 5.41 Å². The number of benzene rings is 2. The minimum absolute atomic E-state index is 0.0891. The van der Waals surface area contributed by atoms with Crippen LogP contribution in [-0.4, -0.2) is 47.2 Å². The molecule has 7 nitrogen and oxygen atoms in total. The Morgan fingerprint density at radius 3 is 2.58 bits per heavy atom. The summed E-state index contributed by atoms with van der Waals surface area (Å²) in [6.07, 6.45) is 6.60. The lowest BCUT2D eigenvalue weighted by molar-refractivity contribution is 0.122. The maximum atomic E-state index is 13.7. The highest BCUT2D eigenvalue weighted by Gasteiger charge is 2.47. The molecule has 1 atom stereocenters. The van der Waals surface area contributed by atoms with Gasteiger partial charge in [0, 0.05) is 30.8 Å². The number of fused-ring (bicyclic) bond motifs is 2. The third kappa shape index (κ3) is 4.92. The summed E-state index contributed by atoms with van der Waals surface area (Å²) in [6, 6.07) is 14.2. The first-order valence-electron chi connectivity index (χ1n) is 12.7. The van der Waals surface area contributed by atoms with Crippen molar-refractivity contribution in [1.29, 1.82) is 0 Å². The number of pyridine rings is 1. The molecule has 1 aliphatic heterocycles. The van der Waals surface area contributed by atoms with Crippen LogP contribution in [0, 0.1) is 18.2 Å². The van der Waals surface area contributed by atoms with Crippen molar-refractivity contribution in [3.8, 4) is 11.6 Å². The molecule has 0 amide bonds. The zero-order chi connectivity index (χ0) is 28.1. The molecule has 0 bridgehead atoms. The SMILES string of the molecule is Cc1ccc(OCC23Cc4cnn(-c5ccc(F)cc5)c4C=C2CCN(S(=O)(=O)c2ccc(Cl)c(Cl)c2)C3)nc1. The molecule has 40 heavy (non-hydrogen) atoms. The van der Waals surface area contributed by atoms with Gasteiger partial charge in [-0.25, -0.2) is 22.5 Å². The van der Waals surface area contributed by atoms with Crippen molar-refractivity contribution in [2.75, 3.05) is 19.7 Å². The monoisotopic (exact) mass is 598 g/mol. The third-order valence-corrected chi connectivity index (χ3v) is 10.1. The maximum Gasteiger partial charge on any atom is 0.243 e. The van der Waals surface area contributed by atoms with Gasteiger partial charge in [0.25, 0.3) is 0 Å². The highest BCUT2D eigenvalue weighted by atomic mass is 35.5. The fraction of sp³-hybridized carbons (Fsp3) is 0.241. The molecule has 2 aliphatic rings. The molecule has 1 unspecified atom stereocenters. The van der Waals surface area contributed by atoms with E-state index >= 15 is 0 Å². The summed E-state index contributed by atoms with van der Waals surface area (Å²) >= 11 is 12.2. The lowest BCUT2D eigenvalue weighted by Crippen LogP contribution is -2.52. The van der Waals surface area contributed by atoms with Crippen LogP contribution in [0.5, 0.6) is 5.88 Å². The van der Waals surface area contributed by atoms with Crippen LogP contribution in [0.15, 0.2) is 77.5 Å². The molecule has 1 fully saturated rings. The van der Waals surface area contributed by atoms with E-state index < -0.39 is 15.4 Å². The number of nitrogens with zero attached hydrogens (tertiary/aromatic N) is 4. The van der Waals surface area contributed by atoms with Gasteiger partial charge in [-0.2, -0.15) is 9.40 Å². The quantitative estimate of drug-likeness (QED) is 0.267. The third-order valence-electron chi connectivity index (χ3n) is 7.50. The van der Waals surface area contributed by atoms with Gasteiger partial charge in [0.05, 0.1) is 32.5 Å². The molecule has 0 N–H and O–H groups in total. The van der Waals surface area contributed by atoms with Gasteiger partial charge >= 0.3 is 0 Å². The molecular weight excluding hydrogens is 574 g/mol. The van der Waals surface area contributed by atoms with Gasteiger partial charge in [-0.15, -0.1) is 0 Å². The first-order valence-corrected chi connectivity index (χ1v) is 14.9. The van der Waals surface area contributed by atoms with Gasteiger partial charge in [0.2, 0.25) is 15.9 Å². The first-order chi connectivity index (χ1) is 19.1. The summed E-state index contributed by atoms with van der Waals surface area (Å²) in [7, 11) is -3.86. The zero-order valence-electron chi connectivity index (χ0n) is 21.5. The van der Waals surface area contributed by atoms with E-state index in [0.29, 0.717) is 25.3 Å². The molecule has 3 heterocycles. The number of ether oxygens (including phenoxy) is 1. The second-order valence-electron chi connectivity index (χ2n) is 10.2. The molecule has 6 rings (SSSR count). The number of sulfonamides is 1. The van der Waals surface area contributed by atoms with Crippen LogP contribution in [0.3, 0.4) is 0 Å². The summed E-state index contributed by atoms with van der Waals surface area (Å²) in [5.74, 6) is 0.149. The smallest absolute Gasteiger partial charge is 0.243 e. The Hall–Kier alpha value is -3.24. The van der Waals surface area contributed by atoms with Gasteiger partial charge in [-0.3, -0.25) is 0 Å². The number of aromatic nitrogens is 3. The number of aryl methyl sites for hydroxylation is 1. The first kappa shape index (κ1) is 27.0. The van der Waals surface area contributed by atoms with Gasteiger partial charge in [0.15, 0.2) is 0 Å². The summed E-state index contributed by atoms with van der Waals surface area (Å²) in [5.41, 5.74) is 4.01. The van der Waals surface area contributed by atoms with Crippen molar-refractivity contribution in [1.82, 2.24) is 19.1 Å². The number of halogens is 3. The molecule has 4 aromatic rings. The number of piperidine rings is 1. The average molecular weight is 600 g/mol. The second kappa shape index (κ2) is 10.3. The standard InChI is InChI=1S/C29H25Cl2FN4O3S/c1-19-2-9-28(33-15-19)39-18-29-14-20-16-34-36(23-5-3-22(32)4-6-23)27(20)12-21(29)10-11-35(17-29)40(37,38)24-7-8-25(30)26(31)13-24/h2-9,12-13,15-16H,10-11,14,17-18H2,1H3. The van der Waals surface area contributed by atoms with Crippen molar-refractivity contribution < 1.29 is 17.5 Å². The van der Waals surface area contributed by atoms with Gasteiger partial charge in [0.1, 0.15) is 12.4 Å². The van der Waals surface area contributed by atoms with Crippen molar-refractivity contribution in [3.63, 3.8) is 0 Å². The normalized spacial score (nSPS) is 19.1. The minimum atomic E-state index is -3.86. The van der Waals surface area contributed by atoms with Gasteiger partial charge < -0.3 is 4.74 Å². The predicted molar refractivity (Wildman–Crippen MR) is 152 cm³/mol. The molecule has 206 valence electrons. The number of hydrogen-bond acceptors (Lipinski definition) is 5. The van der Waals surface area contributed by atoms with E-state index in [1.54, 1.807) is 29.2 Å². The van der Waals surface area contributed by atoms with E-state index in [1.807, 2.05) is 19.1 Å².